The van der Waals surface area contributed by atoms with Crippen LogP contribution in [0.5, 0.6) is 0 Å². The summed E-state index contributed by atoms with van der Waals surface area (Å²) in [5, 5.41) is 2.56. The van der Waals surface area contributed by atoms with Crippen LogP contribution in [0.3, 0.4) is 0 Å². The fourth-order valence-corrected chi connectivity index (χ4v) is 34.3. The summed E-state index contributed by atoms with van der Waals surface area (Å²) in [6, 6.07) is 10.7. The fraction of sp³-hybridized carbons (Fsp3) is 0.959. The zero-order valence-corrected chi connectivity index (χ0v) is 60.9. The third-order valence-electron chi connectivity index (χ3n) is 16.8. The molecule has 0 spiro atoms. The van der Waals surface area contributed by atoms with E-state index in [0.717, 1.165) is 93.3 Å². The number of alkyl halides is 2. The van der Waals surface area contributed by atoms with Gasteiger partial charge in [0.05, 0.1) is 16.1 Å². The molecule has 1 atom stereocenters. The molecule has 31 heteroatoms. The van der Waals surface area contributed by atoms with Crippen LogP contribution in [0.15, 0.2) is 0 Å². The number of hydrogen-bond donors (Lipinski definition) is 1. The second-order valence-electron chi connectivity index (χ2n) is 20.7. The van der Waals surface area contributed by atoms with Crippen molar-refractivity contribution in [1.29, 1.82) is 0 Å². The van der Waals surface area contributed by atoms with Gasteiger partial charge in [0.25, 0.3) is 5.91 Å². The van der Waals surface area contributed by atoms with E-state index in [4.69, 9.17) is 79.7 Å². The highest BCUT2D eigenvalue weighted by atomic mass is 28.4. The minimum atomic E-state index is -3.77. The first-order valence-corrected chi connectivity index (χ1v) is 45.3. The van der Waals surface area contributed by atoms with Gasteiger partial charge in [-0.1, -0.05) is 100 Å². The number of ketones is 1. The van der Waals surface area contributed by atoms with Gasteiger partial charge in [-0.3, -0.25) is 9.59 Å². The van der Waals surface area contributed by atoms with Crippen LogP contribution in [0.4, 0.5) is 8.78 Å². The van der Waals surface area contributed by atoms with E-state index in [0.29, 0.717) is 49.1 Å². The Hall–Kier alpha value is 0.0151. The first-order chi connectivity index (χ1) is 38.0. The van der Waals surface area contributed by atoms with Gasteiger partial charge in [0.2, 0.25) is 0 Å². The van der Waals surface area contributed by atoms with Gasteiger partial charge in [0.1, 0.15) is 5.78 Å². The van der Waals surface area contributed by atoms with Gasteiger partial charge < -0.3 is 85.0 Å². The standard InChI is InChI=1S/C49H111F2NO20Si8/c1-46(45-47(53)29-20-21-31-73(33-23-39-75(55-2,56-3)57-4,34-24-40-76(58-5,59-6)60-7)35-25-41-77(61-8,62-9)63-10)49(50,51)48(54)52-30-22-32-74(36-26-42-78(64-11,65-12)66-13,37-27-43-79(67-14,68-15)69-16)38-28-44-80(70-17,71-18)72-19/h46H,20-45H2,1-19H3,(H,52,54). The van der Waals surface area contributed by atoms with E-state index >= 15 is 8.78 Å². The number of Topliss-reactive ketones (excluding diaryl/α,β-unsaturated/α-hetero) is 1. The molecule has 21 nitrogen and oxygen atoms in total. The number of rotatable bonds is 55. The van der Waals surface area contributed by atoms with Crippen molar-refractivity contribution in [1.82, 2.24) is 5.32 Å². The Labute approximate surface area is 490 Å². The van der Waals surface area contributed by atoms with E-state index < -0.39 is 93.1 Å². The molecule has 0 aliphatic rings. The molecule has 1 unspecified atom stereocenters. The number of unbranched alkanes of at least 4 members (excludes halogenated alkanes) is 1. The first-order valence-electron chi connectivity index (χ1n) is 28.1. The third kappa shape index (κ3) is 25.8. The number of carbonyl (C=O) groups excluding carboxylic acids is 2. The molecule has 0 bridgehead atoms. The second-order valence-corrected chi connectivity index (χ2v) is 49.3. The molecule has 1 amide bonds. The lowest BCUT2D eigenvalue weighted by molar-refractivity contribution is -0.154. The van der Waals surface area contributed by atoms with Crippen molar-refractivity contribution < 1.29 is 98.0 Å². The van der Waals surface area contributed by atoms with Crippen LogP contribution in [0.25, 0.3) is 0 Å². The van der Waals surface area contributed by atoms with Crippen molar-refractivity contribution in [2.24, 2.45) is 5.92 Å². The predicted molar refractivity (Wildman–Crippen MR) is 322 cm³/mol. The predicted octanol–water partition coefficient (Wildman–Crippen LogP) is 9.40. The molecule has 0 rings (SSSR count). The highest BCUT2D eigenvalue weighted by Gasteiger charge is 2.48. The van der Waals surface area contributed by atoms with Crippen LogP contribution in [0.2, 0.25) is 84.6 Å². The number of amides is 1. The Morgan fingerprint density at radius 3 is 0.775 bits per heavy atom. The van der Waals surface area contributed by atoms with Crippen molar-refractivity contribution in [3.63, 3.8) is 0 Å². The lowest BCUT2D eigenvalue weighted by Gasteiger charge is -2.35. The van der Waals surface area contributed by atoms with Gasteiger partial charge >= 0.3 is 58.7 Å². The number of nitrogens with one attached hydrogen (secondary N) is 1. The summed E-state index contributed by atoms with van der Waals surface area (Å²) in [7, 11) is 7.05. The van der Waals surface area contributed by atoms with Gasteiger partial charge in [-0.25, -0.2) is 0 Å². The molecule has 0 aliphatic heterocycles. The lowest BCUT2D eigenvalue weighted by atomic mass is 9.94. The summed E-state index contributed by atoms with van der Waals surface area (Å²) in [6.45, 7) is 1.32. The van der Waals surface area contributed by atoms with E-state index in [1.165, 1.54) is 6.92 Å². The maximum Gasteiger partial charge on any atom is 0.500 e. The van der Waals surface area contributed by atoms with E-state index in [9.17, 15) is 9.59 Å². The SMILES string of the molecule is CO[Si](CCC[Si](CCCCC(=O)CC(C)C(F)(F)C(=O)NCCC[Si](CCC[Si](OC)(OC)OC)(CCC[Si](OC)(OC)OC)CCC[Si](OC)(OC)OC)(CCC[Si](OC)(OC)OC)CCC[Si](OC)(OC)OC)(OC)OC. The first kappa shape index (κ1) is 80.0. The highest BCUT2D eigenvalue weighted by molar-refractivity contribution is 6.81. The average Bonchev–Trinajstić information content (AvgIpc) is 3.48. The summed E-state index contributed by atoms with van der Waals surface area (Å²) in [5.41, 5.74) is 0. The van der Waals surface area contributed by atoms with Crippen molar-refractivity contribution in [3.05, 3.63) is 0 Å². The van der Waals surface area contributed by atoms with Crippen molar-refractivity contribution >= 4 is 80.7 Å². The number of hydrogen-bond acceptors (Lipinski definition) is 20. The molecule has 0 aromatic carbocycles. The smallest absolute Gasteiger partial charge is 0.377 e. The van der Waals surface area contributed by atoms with Gasteiger partial charge in [-0.15, -0.1) is 0 Å². The molecule has 0 aliphatic carbocycles. The van der Waals surface area contributed by atoms with Gasteiger partial charge in [-0.2, -0.15) is 8.78 Å². The van der Waals surface area contributed by atoms with Crippen LogP contribution in [-0.2, 0) is 89.3 Å². The molecule has 478 valence electrons. The molecule has 0 fully saturated rings. The van der Waals surface area contributed by atoms with E-state index in [1.807, 2.05) is 0 Å². The fourth-order valence-electron chi connectivity index (χ4n) is 11.3. The number of carbonyl (C=O) groups is 2. The van der Waals surface area contributed by atoms with Crippen LogP contribution in [0.1, 0.15) is 77.6 Å². The summed E-state index contributed by atoms with van der Waals surface area (Å²) < 4.78 is 136. The Balaban J connectivity index is 6.43. The van der Waals surface area contributed by atoms with Crippen molar-refractivity contribution in [2.45, 2.75) is 168 Å². The zero-order chi connectivity index (χ0) is 61.1. The summed E-state index contributed by atoms with van der Waals surface area (Å²) in [5.74, 6) is -6.96. The highest BCUT2D eigenvalue weighted by Crippen LogP contribution is 2.39. The van der Waals surface area contributed by atoms with Crippen LogP contribution in [0, 0.1) is 5.92 Å². The normalized spacial score (nSPS) is 14.1. The molecule has 0 aromatic heterocycles. The molecule has 0 saturated carbocycles. The molecule has 1 N–H and O–H groups in total. The Bertz CT molecular complexity index is 1450. The average molecular weight is 1300 g/mol. The van der Waals surface area contributed by atoms with E-state index in [2.05, 4.69) is 5.32 Å². The summed E-state index contributed by atoms with van der Waals surface area (Å²) in [6.07, 6.45) is 6.16. The van der Waals surface area contributed by atoms with Crippen molar-refractivity contribution in [3.8, 4) is 0 Å². The Morgan fingerprint density at radius 1 is 0.338 bits per heavy atom. The van der Waals surface area contributed by atoms with E-state index in [-0.39, 0.29) is 18.7 Å². The third-order valence-corrected chi connectivity index (χ3v) is 45.1. The maximum absolute atomic E-state index is 16.0. The zero-order valence-electron chi connectivity index (χ0n) is 52.9. The van der Waals surface area contributed by atoms with Crippen LogP contribution in [-0.4, -0.2) is 221 Å². The van der Waals surface area contributed by atoms with Crippen LogP contribution >= 0.6 is 0 Å². The summed E-state index contributed by atoms with van der Waals surface area (Å²) in [4.78, 5) is 27.0. The minimum absolute atomic E-state index is 0.0465. The molecule has 80 heavy (non-hydrogen) atoms. The Morgan fingerprint density at radius 2 is 0.550 bits per heavy atom. The molecular formula is C49H111F2NO20Si8. The molecule has 0 heterocycles. The quantitative estimate of drug-likeness (QED) is 0.0444. The van der Waals surface area contributed by atoms with E-state index in [1.54, 1.807) is 128 Å². The van der Waals surface area contributed by atoms with Crippen LogP contribution < -0.4 is 5.32 Å². The molecular weight excluding hydrogens is 1190 g/mol. The molecule has 0 radical (unpaired) electrons. The second kappa shape index (κ2) is 41.2. The molecule has 0 aromatic rings. The summed E-state index contributed by atoms with van der Waals surface area (Å²) >= 11 is 0. The van der Waals surface area contributed by atoms with Gasteiger partial charge in [-0.05, 0) is 12.8 Å². The number of halogens is 2. The largest absolute Gasteiger partial charge is 0.500 e. The monoisotopic (exact) mass is 1300 g/mol. The van der Waals surface area contributed by atoms with Gasteiger partial charge in [0.15, 0.2) is 0 Å². The lowest BCUT2D eigenvalue weighted by Crippen LogP contribution is -2.46. The Kier molecular flexibility index (Phi) is 41.2. The molecule has 0 saturated heterocycles. The topological polar surface area (TPSA) is 212 Å². The van der Waals surface area contributed by atoms with Gasteiger partial charge in [0, 0.05) is 190 Å². The van der Waals surface area contributed by atoms with Crippen molar-refractivity contribution in [2.75, 3.05) is 135 Å². The maximum atomic E-state index is 16.0. The minimum Gasteiger partial charge on any atom is -0.377 e.